The molecule has 2 aromatic rings. The lowest BCUT2D eigenvalue weighted by atomic mass is 10.0. The van der Waals surface area contributed by atoms with Crippen LogP contribution in [0, 0.1) is 0 Å². The number of aliphatic hydroxyl groups is 2. The van der Waals surface area contributed by atoms with E-state index in [0.717, 1.165) is 23.0 Å². The van der Waals surface area contributed by atoms with E-state index in [1.165, 1.54) is 0 Å². The predicted octanol–water partition coefficient (Wildman–Crippen LogP) is 1.36. The summed E-state index contributed by atoms with van der Waals surface area (Å²) < 4.78 is 1.95. The number of aryl methyl sites for hydroxylation is 1. The van der Waals surface area contributed by atoms with Crippen molar-refractivity contribution in [1.29, 1.82) is 0 Å². The van der Waals surface area contributed by atoms with Crippen LogP contribution in [0.2, 0.25) is 0 Å². The molecule has 0 radical (unpaired) electrons. The van der Waals surface area contributed by atoms with Gasteiger partial charge in [0.1, 0.15) is 0 Å². The number of aromatic nitrogens is 2. The number of aliphatic hydroxyl groups excluding tert-OH is 2. The standard InChI is InChI=1S/C15H23N3O2/c1-4-12(8-19)17-10(2)15(20)11-5-6-14-13(7-11)16-9-18(14)3/h5-7,9-10,12,15,17,19-20H,4,8H2,1-3H3. The molecule has 5 nitrogen and oxygen atoms in total. The summed E-state index contributed by atoms with van der Waals surface area (Å²) in [5.74, 6) is 0. The van der Waals surface area contributed by atoms with Gasteiger partial charge in [0.2, 0.25) is 0 Å². The van der Waals surface area contributed by atoms with E-state index in [1.807, 2.05) is 43.7 Å². The van der Waals surface area contributed by atoms with Crippen molar-refractivity contribution in [3.8, 4) is 0 Å². The fourth-order valence-electron chi connectivity index (χ4n) is 2.39. The van der Waals surface area contributed by atoms with Crippen LogP contribution >= 0.6 is 0 Å². The molecule has 3 N–H and O–H groups in total. The maximum absolute atomic E-state index is 10.4. The molecule has 0 spiro atoms. The Labute approximate surface area is 119 Å². The summed E-state index contributed by atoms with van der Waals surface area (Å²) in [6.07, 6.45) is 1.97. The highest BCUT2D eigenvalue weighted by Crippen LogP contribution is 2.22. The largest absolute Gasteiger partial charge is 0.395 e. The van der Waals surface area contributed by atoms with Crippen molar-refractivity contribution in [3.05, 3.63) is 30.1 Å². The summed E-state index contributed by atoms with van der Waals surface area (Å²) in [5.41, 5.74) is 2.76. The Balaban J connectivity index is 2.15. The highest BCUT2D eigenvalue weighted by molar-refractivity contribution is 5.76. The van der Waals surface area contributed by atoms with E-state index in [9.17, 15) is 10.2 Å². The van der Waals surface area contributed by atoms with Gasteiger partial charge in [0, 0.05) is 19.1 Å². The molecule has 0 aliphatic heterocycles. The van der Waals surface area contributed by atoms with Crippen molar-refractivity contribution in [3.63, 3.8) is 0 Å². The maximum atomic E-state index is 10.4. The van der Waals surface area contributed by atoms with Gasteiger partial charge in [-0.25, -0.2) is 4.98 Å². The third kappa shape index (κ3) is 3.00. The molecule has 3 atom stereocenters. The predicted molar refractivity (Wildman–Crippen MR) is 79.4 cm³/mol. The average molecular weight is 277 g/mol. The Morgan fingerprint density at radius 2 is 2.15 bits per heavy atom. The molecule has 0 amide bonds. The van der Waals surface area contributed by atoms with Crippen LogP contribution < -0.4 is 5.32 Å². The smallest absolute Gasteiger partial charge is 0.0955 e. The number of imidazole rings is 1. The van der Waals surface area contributed by atoms with Crippen molar-refractivity contribution in [1.82, 2.24) is 14.9 Å². The van der Waals surface area contributed by atoms with Crippen LogP contribution in [0.25, 0.3) is 11.0 Å². The summed E-state index contributed by atoms with van der Waals surface area (Å²) in [6.45, 7) is 4.01. The molecule has 20 heavy (non-hydrogen) atoms. The summed E-state index contributed by atoms with van der Waals surface area (Å²) >= 11 is 0. The molecule has 110 valence electrons. The molecule has 0 saturated carbocycles. The molecule has 0 fully saturated rings. The minimum Gasteiger partial charge on any atom is -0.395 e. The third-order valence-electron chi connectivity index (χ3n) is 3.78. The molecule has 5 heteroatoms. The number of hydrogen-bond donors (Lipinski definition) is 3. The lowest BCUT2D eigenvalue weighted by Gasteiger charge is -2.25. The van der Waals surface area contributed by atoms with E-state index in [0.29, 0.717) is 0 Å². The van der Waals surface area contributed by atoms with Crippen LogP contribution in [-0.2, 0) is 7.05 Å². The van der Waals surface area contributed by atoms with E-state index >= 15 is 0 Å². The Kier molecular flexibility index (Phi) is 4.75. The molecule has 0 aliphatic carbocycles. The van der Waals surface area contributed by atoms with Gasteiger partial charge in [0.05, 0.1) is 30.1 Å². The summed E-state index contributed by atoms with van der Waals surface area (Å²) in [4.78, 5) is 4.31. The lowest BCUT2D eigenvalue weighted by Crippen LogP contribution is -2.41. The molecular formula is C15H23N3O2. The van der Waals surface area contributed by atoms with Gasteiger partial charge in [-0.15, -0.1) is 0 Å². The van der Waals surface area contributed by atoms with Crippen LogP contribution in [0.5, 0.6) is 0 Å². The van der Waals surface area contributed by atoms with Gasteiger partial charge in [-0.3, -0.25) is 0 Å². The van der Waals surface area contributed by atoms with Crippen LogP contribution in [0.15, 0.2) is 24.5 Å². The van der Waals surface area contributed by atoms with E-state index in [1.54, 1.807) is 6.33 Å². The van der Waals surface area contributed by atoms with Crippen molar-refractivity contribution in [2.75, 3.05) is 6.61 Å². The van der Waals surface area contributed by atoms with Crippen LogP contribution in [0.4, 0.5) is 0 Å². The zero-order valence-corrected chi connectivity index (χ0v) is 12.2. The molecule has 0 aliphatic rings. The highest BCUT2D eigenvalue weighted by atomic mass is 16.3. The maximum Gasteiger partial charge on any atom is 0.0955 e. The summed E-state index contributed by atoms with van der Waals surface area (Å²) in [5, 5.41) is 22.9. The fourth-order valence-corrected chi connectivity index (χ4v) is 2.39. The molecule has 3 unspecified atom stereocenters. The quantitative estimate of drug-likeness (QED) is 0.745. The first-order chi connectivity index (χ1) is 9.56. The SMILES string of the molecule is CCC(CO)NC(C)C(O)c1ccc2c(c1)ncn2C. The van der Waals surface area contributed by atoms with Gasteiger partial charge in [-0.2, -0.15) is 0 Å². The van der Waals surface area contributed by atoms with Gasteiger partial charge in [0.15, 0.2) is 0 Å². The van der Waals surface area contributed by atoms with Gasteiger partial charge in [0.25, 0.3) is 0 Å². The minimum atomic E-state index is -0.623. The van der Waals surface area contributed by atoms with Gasteiger partial charge >= 0.3 is 0 Å². The number of nitrogens with one attached hydrogen (secondary N) is 1. The molecular weight excluding hydrogens is 254 g/mol. The highest BCUT2D eigenvalue weighted by Gasteiger charge is 2.19. The monoisotopic (exact) mass is 277 g/mol. The van der Waals surface area contributed by atoms with Crippen LogP contribution in [0.3, 0.4) is 0 Å². The molecule has 0 saturated heterocycles. The normalized spacial score (nSPS) is 16.2. The molecule has 1 aromatic heterocycles. The average Bonchev–Trinajstić information content (AvgIpc) is 2.84. The first-order valence-corrected chi connectivity index (χ1v) is 7.02. The molecule has 1 aromatic carbocycles. The Hall–Kier alpha value is -1.43. The van der Waals surface area contributed by atoms with Gasteiger partial charge < -0.3 is 20.1 Å². The van der Waals surface area contributed by atoms with Crippen molar-refractivity contribution < 1.29 is 10.2 Å². The number of hydrogen-bond acceptors (Lipinski definition) is 4. The third-order valence-corrected chi connectivity index (χ3v) is 3.78. The Morgan fingerprint density at radius 3 is 2.80 bits per heavy atom. The zero-order valence-electron chi connectivity index (χ0n) is 12.2. The molecule has 0 bridgehead atoms. The molecule has 2 rings (SSSR count). The number of fused-ring (bicyclic) bond motifs is 1. The van der Waals surface area contributed by atoms with Crippen molar-refractivity contribution >= 4 is 11.0 Å². The topological polar surface area (TPSA) is 70.3 Å². The fraction of sp³-hybridized carbons (Fsp3) is 0.533. The number of benzene rings is 1. The second-order valence-electron chi connectivity index (χ2n) is 5.29. The first kappa shape index (κ1) is 15.0. The van der Waals surface area contributed by atoms with Crippen LogP contribution in [0.1, 0.15) is 31.9 Å². The summed E-state index contributed by atoms with van der Waals surface area (Å²) in [7, 11) is 1.95. The van der Waals surface area contributed by atoms with E-state index < -0.39 is 6.10 Å². The second kappa shape index (κ2) is 6.35. The van der Waals surface area contributed by atoms with Crippen molar-refractivity contribution in [2.24, 2.45) is 7.05 Å². The van der Waals surface area contributed by atoms with E-state index in [2.05, 4.69) is 10.3 Å². The number of rotatable bonds is 6. The Morgan fingerprint density at radius 1 is 1.40 bits per heavy atom. The minimum absolute atomic E-state index is 0.0123. The van der Waals surface area contributed by atoms with Gasteiger partial charge in [-0.1, -0.05) is 13.0 Å². The first-order valence-electron chi connectivity index (χ1n) is 7.02. The summed E-state index contributed by atoms with van der Waals surface area (Å²) in [6, 6.07) is 5.69. The second-order valence-corrected chi connectivity index (χ2v) is 5.29. The van der Waals surface area contributed by atoms with Gasteiger partial charge in [-0.05, 0) is 31.0 Å². The van der Waals surface area contributed by atoms with Crippen LogP contribution in [-0.4, -0.2) is 38.5 Å². The van der Waals surface area contributed by atoms with E-state index in [4.69, 9.17) is 0 Å². The van der Waals surface area contributed by atoms with Crippen molar-refractivity contribution in [2.45, 2.75) is 38.5 Å². The number of nitrogens with zero attached hydrogens (tertiary/aromatic N) is 2. The van der Waals surface area contributed by atoms with E-state index in [-0.39, 0.29) is 18.7 Å². The molecule has 1 heterocycles. The lowest BCUT2D eigenvalue weighted by molar-refractivity contribution is 0.119. The zero-order chi connectivity index (χ0) is 14.7. The Bertz CT molecular complexity index is 563.